The fraction of sp³-hybridized carbons (Fsp3) is 0.533. The molecule has 4 atom stereocenters. The predicted octanol–water partition coefficient (Wildman–Crippen LogP) is 4.19. The number of aromatic hydroxyl groups is 1. The van der Waals surface area contributed by atoms with Crippen molar-refractivity contribution in [1.29, 1.82) is 0 Å². The summed E-state index contributed by atoms with van der Waals surface area (Å²) in [7, 11) is -0.488. The number of amides is 1. The first-order valence-corrected chi connectivity index (χ1v) is 15.8. The third-order valence-electron chi connectivity index (χ3n) is 8.44. The summed E-state index contributed by atoms with van der Waals surface area (Å²) < 4.78 is 85.0. The summed E-state index contributed by atoms with van der Waals surface area (Å²) in [6.07, 6.45) is -4.61. The lowest BCUT2D eigenvalue weighted by Gasteiger charge is -2.44. The van der Waals surface area contributed by atoms with Crippen LogP contribution in [-0.4, -0.2) is 97.6 Å². The summed E-state index contributed by atoms with van der Waals surface area (Å²) in [4.78, 5) is 30.8. The van der Waals surface area contributed by atoms with Crippen LogP contribution in [0.25, 0.3) is 0 Å². The van der Waals surface area contributed by atoms with Crippen molar-refractivity contribution in [3.8, 4) is 5.75 Å². The second kappa shape index (κ2) is 12.9. The summed E-state index contributed by atoms with van der Waals surface area (Å²) in [5.41, 5.74) is 0.413. The molecule has 13 heteroatoms. The Balaban J connectivity index is 1.86. The zero-order valence-electron chi connectivity index (χ0n) is 24.3. The highest BCUT2D eigenvalue weighted by atomic mass is 32.2. The van der Waals surface area contributed by atoms with Gasteiger partial charge in [-0.05, 0) is 76.2 Å². The van der Waals surface area contributed by atoms with Gasteiger partial charge < -0.3 is 14.9 Å². The van der Waals surface area contributed by atoms with Gasteiger partial charge >= 0.3 is 6.18 Å². The molecule has 1 amide bonds. The first-order chi connectivity index (χ1) is 20.1. The minimum atomic E-state index is -4.69. The molecule has 0 bridgehead atoms. The molecule has 0 aliphatic carbocycles. The molecule has 236 valence electrons. The standard InChI is InChI=1S/C30H37F4N3O5S/c1-19-22(10-5-11-25(19)31)27-23(28(39)20-8-4-9-21(38)16-20)17-36(43(41,42)15-7-13-35(2)3)18-24(27)29(40)37-14-6-12-26(37)30(32,33)34/h4-5,8-11,16,23-24,26-27,38H,6-7,12-15,17-18H2,1-3H3. The molecule has 4 unspecified atom stereocenters. The number of halogens is 4. The van der Waals surface area contributed by atoms with E-state index in [0.29, 0.717) is 6.54 Å². The fourth-order valence-electron chi connectivity index (χ4n) is 6.29. The molecule has 2 fully saturated rings. The molecule has 0 aromatic heterocycles. The number of benzene rings is 2. The van der Waals surface area contributed by atoms with Gasteiger partial charge in [0.1, 0.15) is 17.6 Å². The number of phenols is 1. The number of phenolic OH excluding ortho intramolecular Hbond substituents is 1. The van der Waals surface area contributed by atoms with Crippen molar-refractivity contribution >= 4 is 21.7 Å². The van der Waals surface area contributed by atoms with Crippen LogP contribution in [-0.2, 0) is 14.8 Å². The van der Waals surface area contributed by atoms with Crippen molar-refractivity contribution in [3.63, 3.8) is 0 Å². The SMILES string of the molecule is Cc1c(F)cccc1C1C(C(=O)c2cccc(O)c2)CN(S(=O)(=O)CCCN(C)C)CC1C(=O)N1CCCC1C(F)(F)F. The van der Waals surface area contributed by atoms with Gasteiger partial charge in [-0.2, -0.15) is 13.2 Å². The molecule has 0 saturated carbocycles. The van der Waals surface area contributed by atoms with E-state index in [-0.39, 0.29) is 60.5 Å². The van der Waals surface area contributed by atoms with Gasteiger partial charge in [-0.1, -0.05) is 24.3 Å². The Morgan fingerprint density at radius 1 is 1.07 bits per heavy atom. The number of sulfonamides is 1. The highest BCUT2D eigenvalue weighted by Gasteiger charge is 2.53. The summed E-state index contributed by atoms with van der Waals surface area (Å²) in [5.74, 6) is -6.43. The Bertz CT molecular complexity index is 1450. The maximum atomic E-state index is 14.9. The van der Waals surface area contributed by atoms with Crippen molar-refractivity contribution in [3.05, 3.63) is 65.0 Å². The van der Waals surface area contributed by atoms with Crippen molar-refractivity contribution in [1.82, 2.24) is 14.1 Å². The molecule has 2 saturated heterocycles. The molecule has 2 aromatic rings. The summed E-state index contributed by atoms with van der Waals surface area (Å²) in [6.45, 7) is 0.934. The summed E-state index contributed by atoms with van der Waals surface area (Å²) >= 11 is 0. The van der Waals surface area contributed by atoms with Crippen molar-refractivity contribution in [2.75, 3.05) is 46.0 Å². The van der Waals surface area contributed by atoms with E-state index in [4.69, 9.17) is 0 Å². The van der Waals surface area contributed by atoms with Crippen LogP contribution < -0.4 is 0 Å². The number of alkyl halides is 3. The summed E-state index contributed by atoms with van der Waals surface area (Å²) in [6, 6.07) is 7.51. The topological polar surface area (TPSA) is 98.2 Å². The van der Waals surface area contributed by atoms with Gasteiger partial charge in [0.2, 0.25) is 15.9 Å². The molecule has 2 heterocycles. The number of nitrogens with zero attached hydrogens (tertiary/aromatic N) is 3. The normalized spacial score (nSPS) is 23.6. The molecular formula is C30H37F4N3O5S. The zero-order chi connectivity index (χ0) is 31.7. The maximum absolute atomic E-state index is 14.9. The predicted molar refractivity (Wildman–Crippen MR) is 153 cm³/mol. The van der Waals surface area contributed by atoms with Crippen LogP contribution in [0.1, 0.15) is 46.7 Å². The fourth-order valence-corrected chi connectivity index (χ4v) is 7.82. The van der Waals surface area contributed by atoms with Crippen LogP contribution in [0.15, 0.2) is 42.5 Å². The Hall–Kier alpha value is -3.03. The van der Waals surface area contributed by atoms with E-state index in [1.807, 2.05) is 0 Å². The average molecular weight is 628 g/mol. The molecule has 0 radical (unpaired) electrons. The second-order valence-electron chi connectivity index (χ2n) is 11.6. The largest absolute Gasteiger partial charge is 0.508 e. The van der Waals surface area contributed by atoms with Crippen LogP contribution in [0.5, 0.6) is 5.75 Å². The minimum absolute atomic E-state index is 0.0384. The van der Waals surface area contributed by atoms with Gasteiger partial charge in [-0.25, -0.2) is 17.1 Å². The molecule has 0 spiro atoms. The molecule has 2 aliphatic heterocycles. The summed E-state index contributed by atoms with van der Waals surface area (Å²) in [5, 5.41) is 10.1. The molecule has 8 nitrogen and oxygen atoms in total. The van der Waals surface area contributed by atoms with Crippen molar-refractivity contribution < 1.29 is 40.7 Å². The van der Waals surface area contributed by atoms with Crippen LogP contribution in [0.4, 0.5) is 17.6 Å². The number of piperidine rings is 1. The number of ketones is 1. The number of hydrogen-bond donors (Lipinski definition) is 1. The van der Waals surface area contributed by atoms with Crippen molar-refractivity contribution in [2.45, 2.75) is 44.3 Å². The molecule has 2 aliphatic rings. The Kier molecular flexibility index (Phi) is 9.87. The first-order valence-electron chi connectivity index (χ1n) is 14.2. The van der Waals surface area contributed by atoms with E-state index < -0.39 is 64.0 Å². The van der Waals surface area contributed by atoms with Crippen LogP contribution >= 0.6 is 0 Å². The molecule has 2 aromatic carbocycles. The van der Waals surface area contributed by atoms with E-state index in [1.165, 1.54) is 49.4 Å². The third kappa shape index (κ3) is 7.21. The molecule has 43 heavy (non-hydrogen) atoms. The van der Waals surface area contributed by atoms with Crippen LogP contribution in [0.3, 0.4) is 0 Å². The minimum Gasteiger partial charge on any atom is -0.508 e. The van der Waals surface area contributed by atoms with Crippen LogP contribution in [0.2, 0.25) is 0 Å². The number of Topliss-reactive ketones (excluding diaryl/α,β-unsaturated/α-hetero) is 1. The highest BCUT2D eigenvalue weighted by Crippen LogP contribution is 2.44. The second-order valence-corrected chi connectivity index (χ2v) is 13.7. The Labute approximate surface area is 249 Å². The van der Waals surface area contributed by atoms with Crippen molar-refractivity contribution in [2.24, 2.45) is 11.8 Å². The number of rotatable bonds is 9. The Morgan fingerprint density at radius 2 is 1.74 bits per heavy atom. The number of likely N-dealkylation sites (tertiary alicyclic amines) is 1. The third-order valence-corrected chi connectivity index (χ3v) is 10.3. The van der Waals surface area contributed by atoms with E-state index in [0.717, 1.165) is 9.21 Å². The molecule has 4 rings (SSSR count). The quantitative estimate of drug-likeness (QED) is 0.331. The lowest BCUT2D eigenvalue weighted by Crippen LogP contribution is -2.57. The van der Waals surface area contributed by atoms with E-state index in [2.05, 4.69) is 0 Å². The van der Waals surface area contributed by atoms with E-state index >= 15 is 0 Å². The molecule has 1 N–H and O–H groups in total. The monoisotopic (exact) mass is 627 g/mol. The Morgan fingerprint density at radius 3 is 2.40 bits per heavy atom. The van der Waals surface area contributed by atoms with Crippen LogP contribution in [0, 0.1) is 24.6 Å². The lowest BCUT2D eigenvalue weighted by atomic mass is 9.70. The zero-order valence-corrected chi connectivity index (χ0v) is 25.2. The first kappa shape index (κ1) is 32.9. The molecular weight excluding hydrogens is 590 g/mol. The number of carbonyl (C=O) groups is 2. The number of hydrogen-bond acceptors (Lipinski definition) is 6. The van der Waals surface area contributed by atoms with Gasteiger partial charge in [0, 0.05) is 37.0 Å². The van der Waals surface area contributed by atoms with Gasteiger partial charge in [0.05, 0.1) is 11.7 Å². The van der Waals surface area contributed by atoms with E-state index in [1.54, 1.807) is 19.0 Å². The van der Waals surface area contributed by atoms with Gasteiger partial charge in [-0.3, -0.25) is 9.59 Å². The average Bonchev–Trinajstić information content (AvgIpc) is 3.44. The van der Waals surface area contributed by atoms with E-state index in [9.17, 15) is 40.7 Å². The highest BCUT2D eigenvalue weighted by molar-refractivity contribution is 7.89. The van der Waals surface area contributed by atoms with Gasteiger partial charge in [0.25, 0.3) is 0 Å². The smallest absolute Gasteiger partial charge is 0.408 e. The van der Waals surface area contributed by atoms with Gasteiger partial charge in [-0.15, -0.1) is 0 Å². The maximum Gasteiger partial charge on any atom is 0.408 e. The lowest BCUT2D eigenvalue weighted by molar-refractivity contribution is -0.185. The number of carbonyl (C=O) groups excluding carboxylic acids is 2. The van der Waals surface area contributed by atoms with Gasteiger partial charge in [0.15, 0.2) is 5.78 Å².